The van der Waals surface area contributed by atoms with E-state index in [9.17, 15) is 14.9 Å². The van der Waals surface area contributed by atoms with Crippen molar-refractivity contribution >= 4 is 28.2 Å². The molecule has 0 unspecified atom stereocenters. The summed E-state index contributed by atoms with van der Waals surface area (Å²) in [5.74, 6) is 1.58. The van der Waals surface area contributed by atoms with Gasteiger partial charge in [0, 0.05) is 42.4 Å². The summed E-state index contributed by atoms with van der Waals surface area (Å²) >= 11 is 0. The van der Waals surface area contributed by atoms with Crippen LogP contribution in [-0.2, 0) is 15.4 Å². The topological polar surface area (TPSA) is 85.0 Å². The Kier molecular flexibility index (Phi) is 5.35. The molecule has 0 N–H and O–H groups in total. The van der Waals surface area contributed by atoms with Crippen LogP contribution in [0.2, 0.25) is 0 Å². The van der Waals surface area contributed by atoms with Gasteiger partial charge in [0.05, 0.1) is 4.92 Å². The summed E-state index contributed by atoms with van der Waals surface area (Å²) < 4.78 is 9.35. The van der Waals surface area contributed by atoms with Crippen LogP contribution in [0.5, 0.6) is 0 Å². The van der Waals surface area contributed by atoms with Gasteiger partial charge in [-0.25, -0.2) is 4.79 Å². The second-order valence-corrected chi connectivity index (χ2v) is 8.13. The maximum absolute atomic E-state index is 11.7. The summed E-state index contributed by atoms with van der Waals surface area (Å²) in [6.07, 6.45) is -0.496. The molecule has 1 fully saturated rings. The summed E-state index contributed by atoms with van der Waals surface area (Å²) in [5, 5.41) is 10.7. The zero-order valence-corrected chi connectivity index (χ0v) is 14.3. The number of amides is 1. The van der Waals surface area contributed by atoms with Crippen molar-refractivity contribution in [2.24, 2.45) is 4.36 Å². The highest BCUT2D eigenvalue weighted by Gasteiger charge is 2.19. The average molecular weight is 339 g/mol. The van der Waals surface area contributed by atoms with Crippen molar-refractivity contribution in [3.63, 3.8) is 0 Å². The monoisotopic (exact) mass is 339 g/mol. The minimum absolute atomic E-state index is 0.0884. The number of rotatable bonds is 2. The number of hydrogen-bond donors (Lipinski definition) is 0. The van der Waals surface area contributed by atoms with Crippen LogP contribution in [0, 0.1) is 10.1 Å². The zero-order valence-electron chi connectivity index (χ0n) is 13.5. The number of anilines is 1. The zero-order chi connectivity index (χ0) is 17.0. The fourth-order valence-electron chi connectivity index (χ4n) is 2.17. The summed E-state index contributed by atoms with van der Waals surface area (Å²) in [7, 11) is -0.315. The lowest BCUT2D eigenvalue weighted by atomic mass is 10.2. The summed E-state index contributed by atoms with van der Waals surface area (Å²) in [6.45, 7) is 7.00. The first-order chi connectivity index (χ1) is 10.7. The SMILES string of the molecule is CC(C)(C)OC(=O)N=S1CCN(c2ccc([N+](=O)[O-])cc2)CC1. The standard InChI is InChI=1S/C15H21N3O4S/c1-15(2,3)22-14(19)16-23-10-8-17(9-11-23)12-4-6-13(7-5-12)18(20)21/h4-7H,8-11H2,1-3H3. The molecular weight excluding hydrogens is 318 g/mol. The fourth-order valence-corrected chi connectivity index (χ4v) is 3.66. The second-order valence-electron chi connectivity index (χ2n) is 6.20. The number of non-ortho nitro benzene ring substituents is 1. The molecule has 1 aromatic rings. The lowest BCUT2D eigenvalue weighted by Crippen LogP contribution is -2.38. The molecule has 1 aromatic carbocycles. The van der Waals surface area contributed by atoms with E-state index in [2.05, 4.69) is 9.26 Å². The lowest BCUT2D eigenvalue weighted by molar-refractivity contribution is -0.384. The number of carbonyl (C=O) groups excluding carboxylic acids is 1. The van der Waals surface area contributed by atoms with E-state index in [0.717, 1.165) is 30.3 Å². The van der Waals surface area contributed by atoms with Gasteiger partial charge < -0.3 is 9.64 Å². The molecule has 0 aromatic heterocycles. The minimum Gasteiger partial charge on any atom is -0.442 e. The predicted octanol–water partition coefficient (Wildman–Crippen LogP) is 3.15. The predicted molar refractivity (Wildman–Crippen MR) is 91.1 cm³/mol. The number of benzene rings is 1. The Morgan fingerprint density at radius 2 is 1.83 bits per heavy atom. The first kappa shape index (κ1) is 17.4. The van der Waals surface area contributed by atoms with Gasteiger partial charge in [0.1, 0.15) is 5.60 Å². The lowest BCUT2D eigenvalue weighted by Gasteiger charge is -2.30. The Labute approximate surface area is 137 Å². The molecule has 0 radical (unpaired) electrons. The number of nitro groups is 1. The van der Waals surface area contributed by atoms with E-state index in [1.165, 1.54) is 12.1 Å². The molecule has 1 saturated heterocycles. The van der Waals surface area contributed by atoms with Crippen LogP contribution in [0.4, 0.5) is 16.2 Å². The molecule has 0 atom stereocenters. The Bertz CT molecular complexity index is 613. The molecule has 1 amide bonds. The summed E-state index contributed by atoms with van der Waals surface area (Å²) in [4.78, 5) is 24.1. The molecular formula is C15H21N3O4S. The van der Waals surface area contributed by atoms with Crippen molar-refractivity contribution in [1.29, 1.82) is 0 Å². The Balaban J connectivity index is 1.93. The maximum Gasteiger partial charge on any atom is 0.440 e. The van der Waals surface area contributed by atoms with Gasteiger partial charge in [0.2, 0.25) is 0 Å². The van der Waals surface area contributed by atoms with E-state index < -0.39 is 16.6 Å². The van der Waals surface area contributed by atoms with Crippen LogP contribution in [0.3, 0.4) is 0 Å². The largest absolute Gasteiger partial charge is 0.442 e. The number of hydrogen-bond acceptors (Lipinski definition) is 5. The highest BCUT2D eigenvalue weighted by Crippen LogP contribution is 2.21. The van der Waals surface area contributed by atoms with Crippen LogP contribution in [-0.4, -0.2) is 41.2 Å². The van der Waals surface area contributed by atoms with Crippen molar-refractivity contribution in [3.8, 4) is 0 Å². The van der Waals surface area contributed by atoms with E-state index in [0.29, 0.717) is 0 Å². The highest BCUT2D eigenvalue weighted by molar-refractivity contribution is 7.87. The molecule has 7 nitrogen and oxygen atoms in total. The molecule has 0 aliphatic carbocycles. The summed E-state index contributed by atoms with van der Waals surface area (Å²) in [5.41, 5.74) is 0.520. The molecule has 0 saturated carbocycles. The smallest absolute Gasteiger partial charge is 0.440 e. The summed E-state index contributed by atoms with van der Waals surface area (Å²) in [6, 6.07) is 6.53. The van der Waals surface area contributed by atoms with Gasteiger partial charge in [0.15, 0.2) is 0 Å². The number of nitrogens with zero attached hydrogens (tertiary/aromatic N) is 3. The van der Waals surface area contributed by atoms with E-state index in [1.54, 1.807) is 12.1 Å². The van der Waals surface area contributed by atoms with Crippen molar-refractivity contribution in [2.75, 3.05) is 29.5 Å². The number of ether oxygens (including phenoxy) is 1. The molecule has 0 spiro atoms. The van der Waals surface area contributed by atoms with E-state index in [1.807, 2.05) is 20.8 Å². The molecule has 8 heteroatoms. The molecule has 1 aliphatic heterocycles. The van der Waals surface area contributed by atoms with Crippen LogP contribution in [0.25, 0.3) is 0 Å². The Hall–Kier alpha value is -1.96. The minimum atomic E-state index is -0.523. The molecule has 1 heterocycles. The first-order valence-electron chi connectivity index (χ1n) is 7.36. The average Bonchev–Trinajstić information content (AvgIpc) is 2.46. The van der Waals surface area contributed by atoms with Crippen LogP contribution in [0.1, 0.15) is 20.8 Å². The highest BCUT2D eigenvalue weighted by atomic mass is 32.2. The second kappa shape index (κ2) is 7.08. The normalized spacial score (nSPS) is 16.0. The van der Waals surface area contributed by atoms with Crippen LogP contribution in [0.15, 0.2) is 28.6 Å². The Morgan fingerprint density at radius 3 is 2.30 bits per heavy atom. The van der Waals surface area contributed by atoms with E-state index >= 15 is 0 Å². The third-order valence-electron chi connectivity index (χ3n) is 3.22. The molecule has 126 valence electrons. The van der Waals surface area contributed by atoms with E-state index in [4.69, 9.17) is 4.74 Å². The molecule has 23 heavy (non-hydrogen) atoms. The van der Waals surface area contributed by atoms with Gasteiger partial charge in [-0.2, -0.15) is 4.36 Å². The van der Waals surface area contributed by atoms with Crippen molar-refractivity contribution in [3.05, 3.63) is 34.4 Å². The van der Waals surface area contributed by atoms with Gasteiger partial charge in [-0.15, -0.1) is 0 Å². The third kappa shape index (κ3) is 5.31. The third-order valence-corrected chi connectivity index (χ3v) is 4.93. The van der Waals surface area contributed by atoms with E-state index in [-0.39, 0.29) is 16.4 Å². The van der Waals surface area contributed by atoms with Gasteiger partial charge >= 0.3 is 6.09 Å². The van der Waals surface area contributed by atoms with Crippen molar-refractivity contribution in [1.82, 2.24) is 0 Å². The quantitative estimate of drug-likeness (QED) is 0.610. The van der Waals surface area contributed by atoms with Gasteiger partial charge in [-0.3, -0.25) is 10.1 Å². The van der Waals surface area contributed by atoms with Gasteiger partial charge in [0.25, 0.3) is 5.69 Å². The van der Waals surface area contributed by atoms with Gasteiger partial charge in [-0.05, 0) is 32.9 Å². The first-order valence-corrected chi connectivity index (χ1v) is 8.88. The fraction of sp³-hybridized carbons (Fsp3) is 0.533. The van der Waals surface area contributed by atoms with Crippen LogP contribution < -0.4 is 4.90 Å². The molecule has 1 aliphatic rings. The number of nitro benzene ring substituents is 1. The molecule has 2 rings (SSSR count). The van der Waals surface area contributed by atoms with Crippen molar-refractivity contribution in [2.45, 2.75) is 26.4 Å². The molecule has 0 bridgehead atoms. The van der Waals surface area contributed by atoms with Crippen LogP contribution >= 0.6 is 0 Å². The van der Waals surface area contributed by atoms with Gasteiger partial charge in [-0.1, -0.05) is 10.7 Å². The Morgan fingerprint density at radius 1 is 1.26 bits per heavy atom. The van der Waals surface area contributed by atoms with Crippen molar-refractivity contribution < 1.29 is 14.5 Å². The maximum atomic E-state index is 11.7. The number of carbonyl (C=O) groups is 1.